The largest absolute Gasteiger partial charge is 0.497 e. The van der Waals surface area contributed by atoms with Crippen molar-refractivity contribution in [2.24, 2.45) is 0 Å². The highest BCUT2D eigenvalue weighted by molar-refractivity contribution is 6.30. The first-order chi connectivity index (χ1) is 14.0. The van der Waals surface area contributed by atoms with Gasteiger partial charge in [0.15, 0.2) is 0 Å². The number of halogens is 1. The third-order valence-corrected chi connectivity index (χ3v) is 5.05. The Kier molecular flexibility index (Phi) is 6.82. The van der Waals surface area contributed by atoms with Crippen LogP contribution in [-0.4, -0.2) is 56.2 Å². The number of amides is 3. The maximum Gasteiger partial charge on any atom is 0.318 e. The lowest BCUT2D eigenvalue weighted by Crippen LogP contribution is -2.54. The number of rotatable bonds is 5. The molecule has 29 heavy (non-hydrogen) atoms. The minimum atomic E-state index is -0.667. The molecular formula is C21H25ClN4O3. The Morgan fingerprint density at radius 1 is 1.07 bits per heavy atom. The number of ether oxygens (including phenoxy) is 1. The molecule has 1 saturated heterocycles. The first kappa shape index (κ1) is 20.8. The highest BCUT2D eigenvalue weighted by atomic mass is 35.5. The number of hydrogen-bond donors (Lipinski definition) is 2. The maximum atomic E-state index is 12.5. The van der Waals surface area contributed by atoms with Gasteiger partial charge in [-0.25, -0.2) is 4.79 Å². The van der Waals surface area contributed by atoms with Gasteiger partial charge in [-0.1, -0.05) is 23.7 Å². The van der Waals surface area contributed by atoms with Crippen LogP contribution in [0, 0.1) is 0 Å². The Hall–Kier alpha value is -2.93. The molecule has 1 fully saturated rings. The van der Waals surface area contributed by atoms with Gasteiger partial charge >= 0.3 is 6.03 Å². The number of nitrogens with one attached hydrogen (secondary N) is 2. The van der Waals surface area contributed by atoms with Gasteiger partial charge in [-0.3, -0.25) is 4.79 Å². The number of piperazine rings is 1. The fraction of sp³-hybridized carbons (Fsp3) is 0.333. The average molecular weight is 417 g/mol. The standard InChI is InChI=1S/C21H25ClN4O3/c1-15(20(27)24-17-6-4-8-19(14-17)29-2)23-21(28)26-11-9-25(10-12-26)18-7-3-5-16(22)13-18/h3-8,13-15H,9-12H2,1-2H3,(H,23,28)(H,24,27)/t15-/m0/s1. The quantitative estimate of drug-likeness (QED) is 0.784. The summed E-state index contributed by atoms with van der Waals surface area (Å²) in [6.45, 7) is 4.22. The molecule has 0 aliphatic carbocycles. The van der Waals surface area contributed by atoms with Gasteiger partial charge in [0.2, 0.25) is 5.91 Å². The third kappa shape index (κ3) is 5.54. The second kappa shape index (κ2) is 9.52. The Bertz CT molecular complexity index is 869. The molecule has 1 atom stereocenters. The summed E-state index contributed by atoms with van der Waals surface area (Å²) in [5, 5.41) is 6.24. The molecule has 8 heteroatoms. The lowest BCUT2D eigenvalue weighted by atomic mass is 10.2. The fourth-order valence-electron chi connectivity index (χ4n) is 3.13. The van der Waals surface area contributed by atoms with Crippen molar-refractivity contribution < 1.29 is 14.3 Å². The highest BCUT2D eigenvalue weighted by Crippen LogP contribution is 2.21. The second-order valence-corrected chi connectivity index (χ2v) is 7.28. The van der Waals surface area contributed by atoms with Crippen LogP contribution in [0.25, 0.3) is 0 Å². The van der Waals surface area contributed by atoms with Crippen molar-refractivity contribution in [3.05, 3.63) is 53.6 Å². The van der Waals surface area contributed by atoms with Crippen LogP contribution in [0.3, 0.4) is 0 Å². The van der Waals surface area contributed by atoms with Crippen LogP contribution < -0.4 is 20.3 Å². The van der Waals surface area contributed by atoms with Crippen LogP contribution >= 0.6 is 11.6 Å². The number of urea groups is 1. The Morgan fingerprint density at radius 2 is 1.79 bits per heavy atom. The Balaban J connectivity index is 1.49. The fourth-order valence-corrected chi connectivity index (χ4v) is 3.32. The third-order valence-electron chi connectivity index (χ3n) is 4.81. The molecule has 0 saturated carbocycles. The summed E-state index contributed by atoms with van der Waals surface area (Å²) in [5.41, 5.74) is 1.66. The number of methoxy groups -OCH3 is 1. The molecule has 1 heterocycles. The molecule has 0 unspecified atom stereocenters. The van der Waals surface area contributed by atoms with Crippen LogP contribution in [0.4, 0.5) is 16.2 Å². The minimum Gasteiger partial charge on any atom is -0.497 e. The smallest absolute Gasteiger partial charge is 0.318 e. The van der Waals surface area contributed by atoms with E-state index in [9.17, 15) is 9.59 Å². The Labute approximate surface area is 175 Å². The summed E-state index contributed by atoms with van der Waals surface area (Å²) in [4.78, 5) is 28.8. The molecule has 2 aromatic carbocycles. The van der Waals surface area contributed by atoms with Crippen LogP contribution in [0.2, 0.25) is 5.02 Å². The van der Waals surface area contributed by atoms with Crippen molar-refractivity contribution in [3.8, 4) is 5.75 Å². The van der Waals surface area contributed by atoms with Gasteiger partial charge in [0.05, 0.1) is 7.11 Å². The summed E-state index contributed by atoms with van der Waals surface area (Å²) in [7, 11) is 1.57. The summed E-state index contributed by atoms with van der Waals surface area (Å²) >= 11 is 6.06. The lowest BCUT2D eigenvalue weighted by Gasteiger charge is -2.36. The zero-order valence-electron chi connectivity index (χ0n) is 16.5. The first-order valence-corrected chi connectivity index (χ1v) is 9.85. The van der Waals surface area contributed by atoms with Gasteiger partial charge in [0.1, 0.15) is 11.8 Å². The van der Waals surface area contributed by atoms with E-state index in [1.54, 1.807) is 43.2 Å². The molecule has 1 aliphatic rings. The molecule has 0 spiro atoms. The number of benzene rings is 2. The summed E-state index contributed by atoms with van der Waals surface area (Å²) in [5.74, 6) is 0.362. The predicted octanol–water partition coefficient (Wildman–Crippen LogP) is 3.21. The normalized spacial score (nSPS) is 14.9. The van der Waals surface area contributed by atoms with Crippen LogP contribution in [-0.2, 0) is 4.79 Å². The summed E-state index contributed by atoms with van der Waals surface area (Å²) in [6.07, 6.45) is 0. The van der Waals surface area contributed by atoms with Crippen molar-refractivity contribution in [3.63, 3.8) is 0 Å². The molecule has 7 nitrogen and oxygen atoms in total. The van der Waals surface area contributed by atoms with E-state index in [2.05, 4.69) is 15.5 Å². The lowest BCUT2D eigenvalue weighted by molar-refractivity contribution is -0.117. The molecule has 2 aromatic rings. The number of carbonyl (C=O) groups is 2. The molecule has 3 amide bonds. The molecule has 2 N–H and O–H groups in total. The van der Waals surface area contributed by atoms with Crippen molar-refractivity contribution in [2.45, 2.75) is 13.0 Å². The van der Waals surface area contributed by atoms with E-state index in [4.69, 9.17) is 16.3 Å². The van der Waals surface area contributed by atoms with Gasteiger partial charge in [-0.15, -0.1) is 0 Å². The molecule has 1 aliphatic heterocycles. The number of nitrogens with zero attached hydrogens (tertiary/aromatic N) is 2. The minimum absolute atomic E-state index is 0.246. The highest BCUT2D eigenvalue weighted by Gasteiger charge is 2.24. The van der Waals surface area contributed by atoms with Crippen molar-refractivity contribution in [1.29, 1.82) is 0 Å². The van der Waals surface area contributed by atoms with E-state index >= 15 is 0 Å². The Morgan fingerprint density at radius 3 is 2.48 bits per heavy atom. The van der Waals surface area contributed by atoms with Crippen molar-refractivity contribution in [1.82, 2.24) is 10.2 Å². The van der Waals surface area contributed by atoms with Crippen LogP contribution in [0.15, 0.2) is 48.5 Å². The van der Waals surface area contributed by atoms with Gasteiger partial charge in [-0.2, -0.15) is 0 Å². The van der Waals surface area contributed by atoms with E-state index < -0.39 is 6.04 Å². The summed E-state index contributed by atoms with van der Waals surface area (Å²) < 4.78 is 5.15. The second-order valence-electron chi connectivity index (χ2n) is 6.85. The van der Waals surface area contributed by atoms with Gasteiger partial charge in [0, 0.05) is 48.6 Å². The van der Waals surface area contributed by atoms with Crippen molar-refractivity contribution >= 4 is 34.9 Å². The topological polar surface area (TPSA) is 73.9 Å². The molecule has 0 bridgehead atoms. The van der Waals surface area contributed by atoms with E-state index in [-0.39, 0.29) is 11.9 Å². The molecule has 154 valence electrons. The zero-order chi connectivity index (χ0) is 20.8. The van der Waals surface area contributed by atoms with E-state index in [0.29, 0.717) is 42.6 Å². The SMILES string of the molecule is COc1cccc(NC(=O)[C@H](C)NC(=O)N2CCN(c3cccc(Cl)c3)CC2)c1. The maximum absolute atomic E-state index is 12.5. The summed E-state index contributed by atoms with van der Waals surface area (Å²) in [6, 6.07) is 13.8. The number of hydrogen-bond acceptors (Lipinski definition) is 4. The monoisotopic (exact) mass is 416 g/mol. The van der Waals surface area contributed by atoms with Crippen molar-refractivity contribution in [2.75, 3.05) is 43.5 Å². The molecule has 3 rings (SSSR count). The average Bonchev–Trinajstić information content (AvgIpc) is 2.74. The van der Waals surface area contributed by atoms with E-state index in [0.717, 1.165) is 5.69 Å². The zero-order valence-corrected chi connectivity index (χ0v) is 17.3. The number of carbonyl (C=O) groups excluding carboxylic acids is 2. The molecule has 0 aromatic heterocycles. The number of anilines is 2. The first-order valence-electron chi connectivity index (χ1n) is 9.47. The van der Waals surface area contributed by atoms with Gasteiger partial charge in [-0.05, 0) is 37.3 Å². The van der Waals surface area contributed by atoms with E-state index in [1.807, 2.05) is 24.3 Å². The van der Waals surface area contributed by atoms with Crippen LogP contribution in [0.1, 0.15) is 6.92 Å². The molecule has 0 radical (unpaired) electrons. The predicted molar refractivity (Wildman–Crippen MR) is 115 cm³/mol. The van der Waals surface area contributed by atoms with Gasteiger partial charge in [0.25, 0.3) is 0 Å². The van der Waals surface area contributed by atoms with Crippen LogP contribution in [0.5, 0.6) is 5.75 Å². The van der Waals surface area contributed by atoms with Gasteiger partial charge < -0.3 is 25.2 Å². The molecular weight excluding hydrogens is 392 g/mol. The van der Waals surface area contributed by atoms with E-state index in [1.165, 1.54) is 0 Å².